The van der Waals surface area contributed by atoms with Gasteiger partial charge in [0.15, 0.2) is 11.4 Å². The number of carbonyl (C=O) groups is 1. The maximum absolute atomic E-state index is 13.2. The van der Waals surface area contributed by atoms with Crippen molar-refractivity contribution in [3.63, 3.8) is 0 Å². The van der Waals surface area contributed by atoms with Crippen LogP contribution in [0, 0.1) is 11.9 Å². The number of pyridine rings is 1. The highest BCUT2D eigenvalue weighted by molar-refractivity contribution is 6.05. The van der Waals surface area contributed by atoms with E-state index in [4.69, 9.17) is 0 Å². The number of Topliss-reactive ketones (excluding diaryl/α,β-unsaturated/α-hetero) is 1. The fraction of sp³-hybridized carbons (Fsp3) is 0.500. The molecule has 6 heteroatoms. The van der Waals surface area contributed by atoms with E-state index in [2.05, 4.69) is 15.4 Å². The molecule has 0 spiro atoms. The minimum Gasteiger partial charge on any atom is -0.316 e. The zero-order valence-corrected chi connectivity index (χ0v) is 11.4. The number of nitrogens with zero attached hydrogens (tertiary/aromatic N) is 3. The van der Waals surface area contributed by atoms with Crippen molar-refractivity contribution in [2.24, 2.45) is 13.0 Å². The Labute approximate surface area is 116 Å². The van der Waals surface area contributed by atoms with E-state index in [9.17, 15) is 9.18 Å². The standard InChI is InChI=1S/C14H17FN4O/c1-19-14-10(4-5-12(15)17-14)13(18-19)11(20)7-9-3-2-6-16-8-9/h4-5,9,16H,2-3,6-8H2,1H3. The van der Waals surface area contributed by atoms with Gasteiger partial charge in [0.25, 0.3) is 0 Å². The lowest BCUT2D eigenvalue weighted by Gasteiger charge is -2.21. The molecule has 3 rings (SSSR count). The van der Waals surface area contributed by atoms with Crippen LogP contribution in [0.1, 0.15) is 29.8 Å². The number of rotatable bonds is 3. The van der Waals surface area contributed by atoms with Gasteiger partial charge in [-0.25, -0.2) is 4.68 Å². The van der Waals surface area contributed by atoms with E-state index in [1.807, 2.05) is 0 Å². The normalized spacial score (nSPS) is 19.4. The molecule has 0 radical (unpaired) electrons. The molecule has 0 amide bonds. The molecule has 1 fully saturated rings. The van der Waals surface area contributed by atoms with E-state index in [0.717, 1.165) is 25.9 Å². The largest absolute Gasteiger partial charge is 0.316 e. The lowest BCUT2D eigenvalue weighted by molar-refractivity contribution is 0.0949. The van der Waals surface area contributed by atoms with Gasteiger partial charge in [-0.3, -0.25) is 4.79 Å². The van der Waals surface area contributed by atoms with Crippen molar-refractivity contribution >= 4 is 16.8 Å². The number of aryl methyl sites for hydroxylation is 1. The number of carbonyl (C=O) groups excluding carboxylic acids is 1. The zero-order valence-electron chi connectivity index (χ0n) is 11.4. The van der Waals surface area contributed by atoms with Gasteiger partial charge in [-0.1, -0.05) is 0 Å². The Hall–Kier alpha value is -1.82. The first-order valence-electron chi connectivity index (χ1n) is 6.88. The van der Waals surface area contributed by atoms with Gasteiger partial charge >= 0.3 is 0 Å². The van der Waals surface area contributed by atoms with Crippen molar-refractivity contribution in [2.75, 3.05) is 13.1 Å². The molecule has 1 aliphatic heterocycles. The number of ketones is 1. The van der Waals surface area contributed by atoms with Crippen LogP contribution in [-0.4, -0.2) is 33.6 Å². The summed E-state index contributed by atoms with van der Waals surface area (Å²) in [6, 6.07) is 2.85. The average Bonchev–Trinajstić information content (AvgIpc) is 2.77. The van der Waals surface area contributed by atoms with Crippen LogP contribution in [0.15, 0.2) is 12.1 Å². The fourth-order valence-corrected chi connectivity index (χ4v) is 2.77. The highest BCUT2D eigenvalue weighted by atomic mass is 19.1. The van der Waals surface area contributed by atoms with Gasteiger partial charge in [0, 0.05) is 13.5 Å². The Bertz CT molecular complexity index is 646. The molecule has 1 saturated heterocycles. The molecule has 2 aromatic rings. The molecule has 3 heterocycles. The molecule has 1 unspecified atom stereocenters. The first-order valence-corrected chi connectivity index (χ1v) is 6.88. The SMILES string of the molecule is Cn1nc(C(=O)CC2CCCNC2)c2ccc(F)nc21. The van der Waals surface area contributed by atoms with Gasteiger partial charge < -0.3 is 5.32 Å². The molecule has 0 aliphatic carbocycles. The van der Waals surface area contributed by atoms with Crippen LogP contribution in [0.4, 0.5) is 4.39 Å². The van der Waals surface area contributed by atoms with E-state index >= 15 is 0 Å². The molecule has 2 aromatic heterocycles. The summed E-state index contributed by atoms with van der Waals surface area (Å²) in [5, 5.41) is 8.14. The highest BCUT2D eigenvalue weighted by Gasteiger charge is 2.22. The number of hydrogen-bond donors (Lipinski definition) is 1. The van der Waals surface area contributed by atoms with Gasteiger partial charge in [0.2, 0.25) is 5.95 Å². The molecule has 0 aromatic carbocycles. The van der Waals surface area contributed by atoms with Gasteiger partial charge in [0.05, 0.1) is 5.39 Å². The van der Waals surface area contributed by atoms with Crippen molar-refractivity contribution in [1.29, 1.82) is 0 Å². The minimum atomic E-state index is -0.559. The van der Waals surface area contributed by atoms with Crippen LogP contribution in [-0.2, 0) is 7.05 Å². The lowest BCUT2D eigenvalue weighted by Crippen LogP contribution is -2.31. The van der Waals surface area contributed by atoms with E-state index in [1.165, 1.54) is 10.7 Å². The van der Waals surface area contributed by atoms with Crippen LogP contribution >= 0.6 is 0 Å². The smallest absolute Gasteiger partial charge is 0.214 e. The highest BCUT2D eigenvalue weighted by Crippen LogP contribution is 2.21. The Morgan fingerprint density at radius 2 is 2.40 bits per heavy atom. The van der Waals surface area contributed by atoms with Gasteiger partial charge in [0.1, 0.15) is 5.69 Å². The Balaban J connectivity index is 1.87. The van der Waals surface area contributed by atoms with Crippen LogP contribution in [0.5, 0.6) is 0 Å². The third kappa shape index (κ3) is 2.43. The monoisotopic (exact) mass is 276 g/mol. The summed E-state index contributed by atoms with van der Waals surface area (Å²) >= 11 is 0. The van der Waals surface area contributed by atoms with Crippen LogP contribution in [0.3, 0.4) is 0 Å². The second-order valence-corrected chi connectivity index (χ2v) is 5.32. The Morgan fingerprint density at radius 1 is 1.55 bits per heavy atom. The van der Waals surface area contributed by atoms with Crippen molar-refractivity contribution < 1.29 is 9.18 Å². The summed E-state index contributed by atoms with van der Waals surface area (Å²) < 4.78 is 14.6. The van der Waals surface area contributed by atoms with Crippen molar-refractivity contribution in [3.8, 4) is 0 Å². The summed E-state index contributed by atoms with van der Waals surface area (Å²) in [4.78, 5) is 16.2. The topological polar surface area (TPSA) is 59.8 Å². The number of piperidine rings is 1. The van der Waals surface area contributed by atoms with Gasteiger partial charge in [-0.05, 0) is 44.0 Å². The molecule has 0 bridgehead atoms. The predicted octanol–water partition coefficient (Wildman–Crippen LogP) is 1.68. The maximum atomic E-state index is 13.2. The molecule has 5 nitrogen and oxygen atoms in total. The fourth-order valence-electron chi connectivity index (χ4n) is 2.77. The third-order valence-electron chi connectivity index (χ3n) is 3.79. The van der Waals surface area contributed by atoms with Gasteiger partial charge in [-0.15, -0.1) is 0 Å². The van der Waals surface area contributed by atoms with Crippen molar-refractivity contribution in [2.45, 2.75) is 19.3 Å². The first-order chi connectivity index (χ1) is 9.65. The van der Waals surface area contributed by atoms with E-state index in [-0.39, 0.29) is 5.78 Å². The van der Waals surface area contributed by atoms with E-state index in [0.29, 0.717) is 29.1 Å². The van der Waals surface area contributed by atoms with E-state index in [1.54, 1.807) is 13.1 Å². The Morgan fingerprint density at radius 3 is 3.15 bits per heavy atom. The Kier molecular flexibility index (Phi) is 3.48. The molecule has 1 atom stereocenters. The average molecular weight is 276 g/mol. The molecular formula is C14H17FN4O. The summed E-state index contributed by atoms with van der Waals surface area (Å²) in [5.41, 5.74) is 0.815. The summed E-state index contributed by atoms with van der Waals surface area (Å²) in [6.45, 7) is 1.91. The first kappa shape index (κ1) is 13.2. The van der Waals surface area contributed by atoms with Crippen LogP contribution in [0.25, 0.3) is 11.0 Å². The molecule has 106 valence electrons. The second-order valence-electron chi connectivity index (χ2n) is 5.32. The molecule has 1 aliphatic rings. The second kappa shape index (κ2) is 5.28. The zero-order chi connectivity index (χ0) is 14.1. The van der Waals surface area contributed by atoms with Crippen molar-refractivity contribution in [1.82, 2.24) is 20.1 Å². The summed E-state index contributed by atoms with van der Waals surface area (Å²) in [5.74, 6) is -0.185. The van der Waals surface area contributed by atoms with E-state index < -0.39 is 5.95 Å². The molecule has 1 N–H and O–H groups in total. The maximum Gasteiger partial charge on any atom is 0.214 e. The number of nitrogens with one attached hydrogen (secondary N) is 1. The van der Waals surface area contributed by atoms with Crippen LogP contribution in [0.2, 0.25) is 0 Å². The number of fused-ring (bicyclic) bond motifs is 1. The van der Waals surface area contributed by atoms with Crippen LogP contribution < -0.4 is 5.32 Å². The molecule has 20 heavy (non-hydrogen) atoms. The number of halogens is 1. The number of aromatic nitrogens is 3. The lowest BCUT2D eigenvalue weighted by atomic mass is 9.93. The predicted molar refractivity (Wildman–Crippen MR) is 73.0 cm³/mol. The number of hydrogen-bond acceptors (Lipinski definition) is 4. The summed E-state index contributed by atoms with van der Waals surface area (Å²) in [7, 11) is 1.67. The van der Waals surface area contributed by atoms with Gasteiger partial charge in [-0.2, -0.15) is 14.5 Å². The minimum absolute atomic E-state index is 0.0118. The summed E-state index contributed by atoms with van der Waals surface area (Å²) in [6.07, 6.45) is 2.65. The quantitative estimate of drug-likeness (QED) is 0.684. The molecule has 0 saturated carbocycles. The third-order valence-corrected chi connectivity index (χ3v) is 3.79. The molecular weight excluding hydrogens is 259 g/mol. The van der Waals surface area contributed by atoms with Crippen molar-refractivity contribution in [3.05, 3.63) is 23.8 Å².